The van der Waals surface area contributed by atoms with Gasteiger partial charge in [0.2, 0.25) is 0 Å². The standard InChI is InChI=1S/C19H18ClNO4/c1-23-17-7-13(10-21-11-17)3-2-6-24-19(22)15-8-14-9-16(20)4-5-18(14)25-12-15/h4-5,7-11H,2-3,6,12H2,1H3. The van der Waals surface area contributed by atoms with Crippen LogP contribution in [0.15, 0.2) is 42.2 Å². The van der Waals surface area contributed by atoms with Crippen molar-refractivity contribution >= 4 is 23.6 Å². The zero-order valence-corrected chi connectivity index (χ0v) is 14.6. The molecule has 0 amide bonds. The maximum Gasteiger partial charge on any atom is 0.337 e. The summed E-state index contributed by atoms with van der Waals surface area (Å²) >= 11 is 5.97. The number of hydrogen-bond acceptors (Lipinski definition) is 5. The van der Waals surface area contributed by atoms with Crippen molar-refractivity contribution in [2.75, 3.05) is 20.3 Å². The third kappa shape index (κ3) is 4.51. The van der Waals surface area contributed by atoms with Crippen molar-refractivity contribution in [2.45, 2.75) is 12.8 Å². The first-order valence-electron chi connectivity index (χ1n) is 7.93. The Balaban J connectivity index is 1.51. The van der Waals surface area contributed by atoms with Crippen molar-refractivity contribution in [1.29, 1.82) is 0 Å². The van der Waals surface area contributed by atoms with Gasteiger partial charge in [-0.05, 0) is 48.7 Å². The van der Waals surface area contributed by atoms with E-state index in [1.807, 2.05) is 6.07 Å². The minimum absolute atomic E-state index is 0.202. The molecular weight excluding hydrogens is 342 g/mol. The summed E-state index contributed by atoms with van der Waals surface area (Å²) in [7, 11) is 1.61. The van der Waals surface area contributed by atoms with E-state index in [1.165, 1.54) is 0 Å². The predicted octanol–water partition coefficient (Wildman–Crippen LogP) is 3.70. The third-order valence-electron chi connectivity index (χ3n) is 3.80. The number of hydrogen-bond donors (Lipinski definition) is 0. The first-order valence-corrected chi connectivity index (χ1v) is 8.31. The molecule has 2 heterocycles. The van der Waals surface area contributed by atoms with Gasteiger partial charge in [-0.2, -0.15) is 0 Å². The number of aromatic nitrogens is 1. The molecule has 1 aliphatic heterocycles. The van der Waals surface area contributed by atoms with Crippen LogP contribution in [0.5, 0.6) is 11.5 Å². The second kappa shape index (κ2) is 8.03. The van der Waals surface area contributed by atoms with Gasteiger partial charge in [-0.25, -0.2) is 4.79 Å². The van der Waals surface area contributed by atoms with E-state index in [0.29, 0.717) is 29.4 Å². The van der Waals surface area contributed by atoms with Crippen LogP contribution < -0.4 is 9.47 Å². The fraction of sp³-hybridized carbons (Fsp3) is 0.263. The van der Waals surface area contributed by atoms with Crippen LogP contribution in [0.1, 0.15) is 17.5 Å². The third-order valence-corrected chi connectivity index (χ3v) is 4.03. The van der Waals surface area contributed by atoms with E-state index in [-0.39, 0.29) is 12.6 Å². The van der Waals surface area contributed by atoms with E-state index in [2.05, 4.69) is 4.98 Å². The van der Waals surface area contributed by atoms with Gasteiger partial charge in [-0.1, -0.05) is 11.6 Å². The van der Waals surface area contributed by atoms with Gasteiger partial charge in [0.1, 0.15) is 18.1 Å². The smallest absolute Gasteiger partial charge is 0.337 e. The molecule has 2 aromatic rings. The van der Waals surface area contributed by atoms with Gasteiger partial charge < -0.3 is 14.2 Å². The van der Waals surface area contributed by atoms with Crippen molar-refractivity contribution < 1.29 is 19.0 Å². The van der Waals surface area contributed by atoms with Crippen LogP contribution in [0.3, 0.4) is 0 Å². The average Bonchev–Trinajstić information content (AvgIpc) is 2.64. The first-order chi connectivity index (χ1) is 12.2. The zero-order chi connectivity index (χ0) is 17.6. The predicted molar refractivity (Wildman–Crippen MR) is 95.0 cm³/mol. The van der Waals surface area contributed by atoms with Crippen LogP contribution in [-0.2, 0) is 16.0 Å². The summed E-state index contributed by atoms with van der Waals surface area (Å²) in [5.41, 5.74) is 2.31. The fourth-order valence-electron chi connectivity index (χ4n) is 2.51. The van der Waals surface area contributed by atoms with Crippen LogP contribution in [0.25, 0.3) is 6.08 Å². The Labute approximate surface area is 151 Å². The Morgan fingerprint density at radius 2 is 2.20 bits per heavy atom. The lowest BCUT2D eigenvalue weighted by atomic mass is 10.1. The van der Waals surface area contributed by atoms with Crippen LogP contribution in [-0.4, -0.2) is 31.3 Å². The number of pyridine rings is 1. The van der Waals surface area contributed by atoms with Gasteiger partial charge in [-0.3, -0.25) is 4.98 Å². The number of carbonyl (C=O) groups is 1. The maximum absolute atomic E-state index is 12.2. The number of aryl methyl sites for hydroxylation is 1. The van der Waals surface area contributed by atoms with Crippen LogP contribution in [0, 0.1) is 0 Å². The number of nitrogens with zero attached hydrogens (tertiary/aromatic N) is 1. The Morgan fingerprint density at radius 1 is 1.32 bits per heavy atom. The largest absolute Gasteiger partial charge is 0.495 e. The SMILES string of the molecule is COc1cncc(CCCOC(=O)C2=Cc3cc(Cl)ccc3OC2)c1. The van der Waals surface area contributed by atoms with Gasteiger partial charge in [0.05, 0.1) is 25.5 Å². The Bertz CT molecular complexity index is 804. The van der Waals surface area contributed by atoms with E-state index < -0.39 is 0 Å². The Morgan fingerprint density at radius 3 is 3.04 bits per heavy atom. The van der Waals surface area contributed by atoms with Crippen molar-refractivity contribution in [2.24, 2.45) is 0 Å². The number of fused-ring (bicyclic) bond motifs is 1. The molecule has 0 bridgehead atoms. The number of esters is 1. The number of ether oxygens (including phenoxy) is 3. The fourth-order valence-corrected chi connectivity index (χ4v) is 2.69. The highest BCUT2D eigenvalue weighted by Gasteiger charge is 2.18. The minimum Gasteiger partial charge on any atom is -0.495 e. The molecule has 3 rings (SSSR count). The molecule has 0 saturated carbocycles. The molecule has 25 heavy (non-hydrogen) atoms. The normalized spacial score (nSPS) is 12.6. The molecule has 1 aliphatic rings. The molecule has 0 spiro atoms. The molecule has 0 unspecified atom stereocenters. The van der Waals surface area contributed by atoms with Gasteiger partial charge in [0.15, 0.2) is 0 Å². The summed E-state index contributed by atoms with van der Waals surface area (Å²) in [4.78, 5) is 16.3. The highest BCUT2D eigenvalue weighted by Crippen LogP contribution is 2.29. The van der Waals surface area contributed by atoms with E-state index in [4.69, 9.17) is 25.8 Å². The number of benzene rings is 1. The molecule has 0 saturated heterocycles. The van der Waals surface area contributed by atoms with Gasteiger partial charge in [-0.15, -0.1) is 0 Å². The molecule has 0 atom stereocenters. The quantitative estimate of drug-likeness (QED) is 0.581. The molecule has 1 aromatic heterocycles. The van der Waals surface area contributed by atoms with Crippen LogP contribution in [0.4, 0.5) is 0 Å². The molecular formula is C19H18ClNO4. The molecule has 0 aliphatic carbocycles. The molecule has 6 heteroatoms. The molecule has 1 aromatic carbocycles. The summed E-state index contributed by atoms with van der Waals surface area (Å²) in [6, 6.07) is 7.23. The first kappa shape index (κ1) is 17.3. The molecule has 130 valence electrons. The van der Waals surface area contributed by atoms with E-state index in [1.54, 1.807) is 43.8 Å². The van der Waals surface area contributed by atoms with E-state index in [9.17, 15) is 4.79 Å². The van der Waals surface area contributed by atoms with Gasteiger partial charge >= 0.3 is 5.97 Å². The van der Waals surface area contributed by atoms with Crippen molar-refractivity contribution in [3.8, 4) is 11.5 Å². The number of halogens is 1. The number of methoxy groups -OCH3 is 1. The van der Waals surface area contributed by atoms with Gasteiger partial charge in [0, 0.05) is 16.8 Å². The summed E-state index contributed by atoms with van der Waals surface area (Å²) in [6.45, 7) is 0.531. The lowest BCUT2D eigenvalue weighted by Crippen LogP contribution is -2.17. The monoisotopic (exact) mass is 359 g/mol. The summed E-state index contributed by atoms with van der Waals surface area (Å²) < 4.78 is 16.0. The molecule has 5 nitrogen and oxygen atoms in total. The maximum atomic E-state index is 12.2. The molecule has 0 fully saturated rings. The summed E-state index contributed by atoms with van der Waals surface area (Å²) in [5.74, 6) is 1.07. The summed E-state index contributed by atoms with van der Waals surface area (Å²) in [6.07, 6.45) is 6.66. The van der Waals surface area contributed by atoms with Crippen LogP contribution in [0.2, 0.25) is 5.02 Å². The van der Waals surface area contributed by atoms with Crippen LogP contribution >= 0.6 is 11.6 Å². The minimum atomic E-state index is -0.366. The Kier molecular flexibility index (Phi) is 5.56. The van der Waals surface area contributed by atoms with E-state index >= 15 is 0 Å². The van der Waals surface area contributed by atoms with Gasteiger partial charge in [0.25, 0.3) is 0 Å². The Hall–Kier alpha value is -2.53. The van der Waals surface area contributed by atoms with Crippen molar-refractivity contribution in [3.63, 3.8) is 0 Å². The highest BCUT2D eigenvalue weighted by molar-refractivity contribution is 6.30. The second-order valence-electron chi connectivity index (χ2n) is 5.61. The van der Waals surface area contributed by atoms with Crippen molar-refractivity contribution in [1.82, 2.24) is 4.98 Å². The zero-order valence-electron chi connectivity index (χ0n) is 13.8. The summed E-state index contributed by atoms with van der Waals surface area (Å²) in [5, 5.41) is 0.597. The second-order valence-corrected chi connectivity index (χ2v) is 6.05. The molecule has 0 N–H and O–H groups in total. The molecule has 0 radical (unpaired) electrons. The highest BCUT2D eigenvalue weighted by atomic mass is 35.5. The number of rotatable bonds is 6. The van der Waals surface area contributed by atoms with E-state index in [0.717, 1.165) is 23.3 Å². The average molecular weight is 360 g/mol. The lowest BCUT2D eigenvalue weighted by molar-refractivity contribution is -0.139. The van der Waals surface area contributed by atoms with Crippen molar-refractivity contribution in [3.05, 3.63) is 58.4 Å². The number of carbonyl (C=O) groups excluding carboxylic acids is 1. The lowest BCUT2D eigenvalue weighted by Gasteiger charge is -2.17. The topological polar surface area (TPSA) is 57.7 Å².